The summed E-state index contributed by atoms with van der Waals surface area (Å²) in [4.78, 5) is 38.9. The molecule has 8 heteroatoms. The van der Waals surface area contributed by atoms with Gasteiger partial charge in [0.05, 0.1) is 6.42 Å². The van der Waals surface area contributed by atoms with Gasteiger partial charge in [-0.25, -0.2) is 9.59 Å². The second-order valence-electron chi connectivity index (χ2n) is 2.17. The molecule has 0 saturated carbocycles. The van der Waals surface area contributed by atoms with Crippen LogP contribution in [0.25, 0.3) is 0 Å². The van der Waals surface area contributed by atoms with Crippen LogP contribution < -0.4 is 0 Å². The monoisotopic (exact) mass is 222 g/mol. The summed E-state index contributed by atoms with van der Waals surface area (Å²) in [5, 5.41) is 31.0. The van der Waals surface area contributed by atoms with Crippen LogP contribution in [0.1, 0.15) is 12.8 Å². The summed E-state index contributed by atoms with van der Waals surface area (Å²) in [5.74, 6) is -5.01. The third-order valence-electron chi connectivity index (χ3n) is 0.940. The van der Waals surface area contributed by atoms with Gasteiger partial charge in [-0.2, -0.15) is 0 Å². The van der Waals surface area contributed by atoms with E-state index in [9.17, 15) is 14.4 Å². The van der Waals surface area contributed by atoms with Gasteiger partial charge in [-0.15, -0.1) is 0 Å². The van der Waals surface area contributed by atoms with E-state index < -0.39 is 43.1 Å². The predicted octanol–water partition coefficient (Wildman–Crippen LogP) is -1.43. The fraction of sp³-hybridized carbons (Fsp3) is 0.429. The van der Waals surface area contributed by atoms with E-state index >= 15 is 0 Å². The van der Waals surface area contributed by atoms with Gasteiger partial charge in [-0.3, -0.25) is 9.59 Å². The third kappa shape index (κ3) is 14.9. The zero-order chi connectivity index (χ0) is 12.4. The van der Waals surface area contributed by atoms with Crippen molar-refractivity contribution in [2.45, 2.75) is 12.8 Å². The largest absolute Gasteiger partial charge is 0.481 e. The van der Waals surface area contributed by atoms with Crippen LogP contribution in [0.5, 0.6) is 0 Å². The molecule has 0 unspecified atom stereocenters. The summed E-state index contributed by atoms with van der Waals surface area (Å²) >= 11 is 0. The maximum absolute atomic E-state index is 10.2. The molecule has 86 valence electrons. The van der Waals surface area contributed by atoms with Crippen molar-refractivity contribution in [3.8, 4) is 0 Å². The Bertz CT molecular complexity index is 256. The molecule has 0 aromatic heterocycles. The summed E-state index contributed by atoms with van der Waals surface area (Å²) in [5.41, 5.74) is 0. The Morgan fingerprint density at radius 2 is 1.20 bits per heavy atom. The predicted molar refractivity (Wildman–Crippen MR) is 44.2 cm³/mol. The van der Waals surface area contributed by atoms with Crippen molar-refractivity contribution in [1.29, 1.82) is 0 Å². The van der Waals surface area contributed by atoms with Gasteiger partial charge >= 0.3 is 17.9 Å². The number of carboxylic acids is 3. The molecule has 0 atom stereocenters. The molecule has 0 bridgehead atoms. The number of carbonyl (C=O) groups is 4. The van der Waals surface area contributed by atoms with E-state index in [1.807, 2.05) is 0 Å². The SMILES string of the molecule is O=C(O)CCC(=O)C(=O)O.O=C(O)CO. The second kappa shape index (κ2) is 8.63. The quantitative estimate of drug-likeness (QED) is 0.413. The summed E-state index contributed by atoms with van der Waals surface area (Å²) < 4.78 is 0. The molecule has 0 amide bonds. The van der Waals surface area contributed by atoms with Crippen molar-refractivity contribution in [3.05, 3.63) is 0 Å². The van der Waals surface area contributed by atoms with Crippen LogP contribution in [-0.2, 0) is 19.2 Å². The first-order chi connectivity index (χ1) is 6.81. The number of hydrogen-bond acceptors (Lipinski definition) is 5. The van der Waals surface area contributed by atoms with Crippen molar-refractivity contribution in [3.63, 3.8) is 0 Å². The van der Waals surface area contributed by atoms with Crippen LogP contribution in [0.4, 0.5) is 0 Å². The van der Waals surface area contributed by atoms with Gasteiger partial charge < -0.3 is 20.4 Å². The average Bonchev–Trinajstić information content (AvgIpc) is 2.14. The van der Waals surface area contributed by atoms with Gasteiger partial charge in [0, 0.05) is 6.42 Å². The van der Waals surface area contributed by atoms with Crippen molar-refractivity contribution >= 4 is 23.7 Å². The van der Waals surface area contributed by atoms with Gasteiger partial charge in [-0.1, -0.05) is 0 Å². The van der Waals surface area contributed by atoms with E-state index in [4.69, 9.17) is 25.2 Å². The van der Waals surface area contributed by atoms with Gasteiger partial charge in [0.2, 0.25) is 5.78 Å². The first-order valence-corrected chi connectivity index (χ1v) is 3.61. The summed E-state index contributed by atoms with van der Waals surface area (Å²) in [6, 6.07) is 0. The highest BCUT2D eigenvalue weighted by atomic mass is 16.4. The summed E-state index contributed by atoms with van der Waals surface area (Å²) in [6.45, 7) is -0.778. The minimum absolute atomic E-state index is 0.425. The molecule has 0 rings (SSSR count). The molecule has 0 heterocycles. The zero-order valence-corrected chi connectivity index (χ0v) is 7.54. The first-order valence-electron chi connectivity index (χ1n) is 3.61. The molecular formula is C7H10O8. The molecule has 0 aliphatic heterocycles. The molecule has 0 aromatic carbocycles. The minimum atomic E-state index is -1.58. The van der Waals surface area contributed by atoms with Crippen LogP contribution >= 0.6 is 0 Å². The Kier molecular flexibility index (Phi) is 8.92. The Morgan fingerprint density at radius 3 is 1.40 bits per heavy atom. The average molecular weight is 222 g/mol. The first kappa shape index (κ1) is 15.5. The maximum Gasteiger partial charge on any atom is 0.372 e. The number of rotatable bonds is 5. The lowest BCUT2D eigenvalue weighted by atomic mass is 10.2. The van der Waals surface area contributed by atoms with Crippen LogP contribution in [0.3, 0.4) is 0 Å². The molecular weight excluding hydrogens is 212 g/mol. The molecule has 8 nitrogen and oxygen atoms in total. The van der Waals surface area contributed by atoms with Crippen LogP contribution in [0, 0.1) is 0 Å². The number of aliphatic hydroxyl groups excluding tert-OH is 1. The fourth-order valence-electron chi connectivity index (χ4n) is 0.327. The number of ketones is 1. The van der Waals surface area contributed by atoms with Crippen molar-refractivity contribution in [1.82, 2.24) is 0 Å². The number of Topliss-reactive ketones (excluding diaryl/α,β-unsaturated/α-hetero) is 1. The lowest BCUT2D eigenvalue weighted by Gasteiger charge is -1.88. The van der Waals surface area contributed by atoms with E-state index in [0.29, 0.717) is 0 Å². The number of carbonyl (C=O) groups excluding carboxylic acids is 1. The molecule has 0 aliphatic carbocycles. The van der Waals surface area contributed by atoms with Crippen molar-refractivity contribution in [2.75, 3.05) is 6.61 Å². The van der Waals surface area contributed by atoms with Crippen LogP contribution in [-0.4, -0.2) is 50.7 Å². The summed E-state index contributed by atoms with van der Waals surface area (Å²) in [6.07, 6.45) is -0.865. The Balaban J connectivity index is 0. The standard InChI is InChI=1S/C5H6O5.C2H4O3/c6-3(5(9)10)1-2-4(7)8;3-1-2(4)5/h1-2H2,(H,7,8)(H,9,10);3H,1H2,(H,4,5). The van der Waals surface area contributed by atoms with Gasteiger partial charge in [0.1, 0.15) is 6.61 Å². The van der Waals surface area contributed by atoms with Gasteiger partial charge in [0.15, 0.2) is 0 Å². The fourth-order valence-corrected chi connectivity index (χ4v) is 0.327. The van der Waals surface area contributed by atoms with E-state index in [0.717, 1.165) is 0 Å². The Labute approximate surface area is 83.8 Å². The van der Waals surface area contributed by atoms with E-state index in [2.05, 4.69) is 0 Å². The van der Waals surface area contributed by atoms with Crippen molar-refractivity contribution in [2.24, 2.45) is 0 Å². The number of aliphatic carboxylic acids is 3. The Hall–Kier alpha value is -1.96. The van der Waals surface area contributed by atoms with E-state index in [1.54, 1.807) is 0 Å². The van der Waals surface area contributed by atoms with Crippen LogP contribution in [0.15, 0.2) is 0 Å². The van der Waals surface area contributed by atoms with E-state index in [-0.39, 0.29) is 0 Å². The van der Waals surface area contributed by atoms with Gasteiger partial charge in [-0.05, 0) is 0 Å². The molecule has 0 radical (unpaired) electrons. The van der Waals surface area contributed by atoms with Crippen molar-refractivity contribution < 1.29 is 39.6 Å². The lowest BCUT2D eigenvalue weighted by molar-refractivity contribution is -0.149. The minimum Gasteiger partial charge on any atom is -0.481 e. The van der Waals surface area contributed by atoms with E-state index in [1.165, 1.54) is 0 Å². The molecule has 0 spiro atoms. The highest BCUT2D eigenvalue weighted by Gasteiger charge is 2.12. The molecule has 0 aliphatic rings. The second-order valence-corrected chi connectivity index (χ2v) is 2.17. The zero-order valence-electron chi connectivity index (χ0n) is 7.54. The molecule has 4 N–H and O–H groups in total. The van der Waals surface area contributed by atoms with Gasteiger partial charge in [0.25, 0.3) is 0 Å². The molecule has 0 aromatic rings. The highest BCUT2D eigenvalue weighted by Crippen LogP contribution is 1.89. The number of carboxylic acid groups (broad SMARTS) is 3. The van der Waals surface area contributed by atoms with Crippen LogP contribution in [0.2, 0.25) is 0 Å². The topological polar surface area (TPSA) is 149 Å². The normalized spacial score (nSPS) is 8.33. The Morgan fingerprint density at radius 1 is 0.800 bits per heavy atom. The smallest absolute Gasteiger partial charge is 0.372 e. The number of aliphatic hydroxyl groups is 1. The lowest BCUT2D eigenvalue weighted by Crippen LogP contribution is -2.13. The highest BCUT2D eigenvalue weighted by molar-refractivity contribution is 6.32. The molecule has 15 heavy (non-hydrogen) atoms. The third-order valence-corrected chi connectivity index (χ3v) is 0.940. The number of hydrogen-bond donors (Lipinski definition) is 4. The maximum atomic E-state index is 10.2. The molecule has 0 fully saturated rings. The summed E-state index contributed by atoms with van der Waals surface area (Å²) in [7, 11) is 0. The molecule has 0 saturated heterocycles.